The van der Waals surface area contributed by atoms with Gasteiger partial charge in [-0.05, 0) is 67.6 Å². The second-order valence-corrected chi connectivity index (χ2v) is 13.7. The van der Waals surface area contributed by atoms with E-state index in [4.69, 9.17) is 4.74 Å². The van der Waals surface area contributed by atoms with Crippen molar-refractivity contribution in [2.75, 3.05) is 0 Å². The lowest BCUT2D eigenvalue weighted by Crippen LogP contribution is -2.54. The first-order chi connectivity index (χ1) is 13.0. The lowest BCUT2D eigenvalue weighted by Gasteiger charge is -2.51. The van der Waals surface area contributed by atoms with Crippen LogP contribution in [0.1, 0.15) is 128 Å². The minimum Gasteiger partial charge on any atom is -0.458 e. The van der Waals surface area contributed by atoms with Crippen LogP contribution in [0.4, 0.5) is 0 Å². The Kier molecular flexibility index (Phi) is 6.45. The molecule has 0 saturated heterocycles. The first-order valence-electron chi connectivity index (χ1n) is 12.2. The highest BCUT2D eigenvalue weighted by molar-refractivity contribution is 5.78. The molecular formula is C27H50O2. The van der Waals surface area contributed by atoms with Gasteiger partial charge < -0.3 is 4.74 Å². The van der Waals surface area contributed by atoms with Gasteiger partial charge in [0.2, 0.25) is 0 Å². The molecule has 0 aromatic rings. The van der Waals surface area contributed by atoms with E-state index < -0.39 is 5.41 Å². The van der Waals surface area contributed by atoms with Crippen LogP contribution in [0.3, 0.4) is 0 Å². The van der Waals surface area contributed by atoms with Crippen LogP contribution in [-0.4, -0.2) is 11.6 Å². The van der Waals surface area contributed by atoms with E-state index in [0.29, 0.717) is 5.92 Å². The van der Waals surface area contributed by atoms with E-state index in [-0.39, 0.29) is 33.2 Å². The molecule has 0 aromatic carbocycles. The summed E-state index contributed by atoms with van der Waals surface area (Å²) in [6.07, 6.45) is 8.99. The maximum Gasteiger partial charge on any atom is 0.312 e. The molecular weight excluding hydrogens is 356 g/mol. The molecule has 2 bridgehead atoms. The molecule has 0 heterocycles. The molecule has 2 rings (SSSR count). The quantitative estimate of drug-likeness (QED) is 0.315. The molecule has 0 amide bonds. The van der Waals surface area contributed by atoms with Crippen molar-refractivity contribution in [1.82, 2.24) is 0 Å². The molecule has 0 radical (unpaired) electrons. The predicted molar refractivity (Wildman–Crippen MR) is 124 cm³/mol. The summed E-state index contributed by atoms with van der Waals surface area (Å²) in [5.74, 6) is 0.714. The number of carbonyl (C=O) groups is 1. The zero-order valence-corrected chi connectivity index (χ0v) is 21.6. The van der Waals surface area contributed by atoms with E-state index in [2.05, 4.69) is 76.2 Å². The van der Waals surface area contributed by atoms with Crippen molar-refractivity contribution in [2.24, 2.45) is 33.0 Å². The van der Waals surface area contributed by atoms with E-state index >= 15 is 0 Å². The van der Waals surface area contributed by atoms with Crippen LogP contribution in [0.5, 0.6) is 0 Å². The minimum atomic E-state index is -0.495. The molecule has 29 heavy (non-hydrogen) atoms. The Balaban J connectivity index is 2.42. The minimum absolute atomic E-state index is 0.0426. The van der Waals surface area contributed by atoms with Crippen molar-refractivity contribution in [2.45, 2.75) is 133 Å². The Morgan fingerprint density at radius 3 is 1.97 bits per heavy atom. The molecule has 2 heteroatoms. The molecule has 170 valence electrons. The number of fused-ring (bicyclic) bond motifs is 2. The Hall–Kier alpha value is -0.530. The zero-order chi connectivity index (χ0) is 22.5. The normalized spacial score (nSPS) is 33.6. The van der Waals surface area contributed by atoms with E-state index in [9.17, 15) is 4.79 Å². The molecule has 2 aliphatic carbocycles. The summed E-state index contributed by atoms with van der Waals surface area (Å²) in [5, 5.41) is 0. The third-order valence-electron chi connectivity index (χ3n) is 9.48. The van der Waals surface area contributed by atoms with Crippen LogP contribution < -0.4 is 0 Å². The van der Waals surface area contributed by atoms with Crippen molar-refractivity contribution in [3.8, 4) is 0 Å². The Labute approximate surface area is 181 Å². The number of carbonyl (C=O) groups excluding carboxylic acids is 1. The SMILES string of the molecule is CCCCCC1(OC(=O)C(C)(CC(C)(C)C)C(C)(C)C)CC2CCC1(C)C2(C)C. The smallest absolute Gasteiger partial charge is 0.312 e. The highest BCUT2D eigenvalue weighted by atomic mass is 16.6. The standard InChI is InChI=1S/C27H50O2/c1-12-13-14-16-27(18-20-15-17-26(27,11)24(20,8)9)29-21(28)25(10,23(5,6)7)19-22(2,3)4/h20H,12-19H2,1-11H3. The highest BCUT2D eigenvalue weighted by Gasteiger charge is 2.70. The maximum atomic E-state index is 14.0. The van der Waals surface area contributed by atoms with Gasteiger partial charge in [0.25, 0.3) is 0 Å². The molecule has 4 unspecified atom stereocenters. The molecule has 0 N–H and O–H groups in total. The first kappa shape index (κ1) is 24.7. The largest absolute Gasteiger partial charge is 0.458 e. The molecule has 0 aliphatic heterocycles. The average molecular weight is 407 g/mol. The van der Waals surface area contributed by atoms with Crippen molar-refractivity contribution in [1.29, 1.82) is 0 Å². The Morgan fingerprint density at radius 1 is 1.00 bits per heavy atom. The third kappa shape index (κ3) is 4.03. The fourth-order valence-corrected chi connectivity index (χ4v) is 6.63. The Morgan fingerprint density at radius 2 is 1.59 bits per heavy atom. The van der Waals surface area contributed by atoms with Gasteiger partial charge in [0.1, 0.15) is 5.60 Å². The number of rotatable bonds is 7. The Bertz CT molecular complexity index is 605. The van der Waals surface area contributed by atoms with Gasteiger partial charge in [0.05, 0.1) is 5.41 Å². The van der Waals surface area contributed by atoms with Crippen LogP contribution in [0.15, 0.2) is 0 Å². The lowest BCUT2D eigenvalue weighted by atomic mass is 9.60. The zero-order valence-electron chi connectivity index (χ0n) is 21.6. The second kappa shape index (κ2) is 7.56. The molecule has 2 fully saturated rings. The lowest BCUT2D eigenvalue weighted by molar-refractivity contribution is -0.200. The highest BCUT2D eigenvalue weighted by Crippen LogP contribution is 2.72. The summed E-state index contributed by atoms with van der Waals surface area (Å²) < 4.78 is 6.82. The number of hydrogen-bond acceptors (Lipinski definition) is 2. The predicted octanol–water partition coefficient (Wildman–Crippen LogP) is 8.18. The maximum absolute atomic E-state index is 14.0. The van der Waals surface area contributed by atoms with Crippen LogP contribution in [0, 0.1) is 33.0 Å². The third-order valence-corrected chi connectivity index (χ3v) is 9.48. The molecule has 2 aliphatic rings. The van der Waals surface area contributed by atoms with Crippen molar-refractivity contribution < 1.29 is 9.53 Å². The van der Waals surface area contributed by atoms with Crippen molar-refractivity contribution in [3.05, 3.63) is 0 Å². The number of unbranched alkanes of at least 4 members (excludes halogenated alkanes) is 2. The van der Waals surface area contributed by atoms with Crippen LogP contribution in [0.25, 0.3) is 0 Å². The first-order valence-corrected chi connectivity index (χ1v) is 12.2. The fourth-order valence-electron chi connectivity index (χ4n) is 6.63. The van der Waals surface area contributed by atoms with Crippen LogP contribution in [-0.2, 0) is 9.53 Å². The summed E-state index contributed by atoms with van der Waals surface area (Å²) in [4.78, 5) is 14.0. The summed E-state index contributed by atoms with van der Waals surface area (Å²) in [6, 6.07) is 0. The number of esters is 1. The van der Waals surface area contributed by atoms with Crippen LogP contribution >= 0.6 is 0 Å². The van der Waals surface area contributed by atoms with Gasteiger partial charge in [0, 0.05) is 5.41 Å². The molecule has 2 saturated carbocycles. The topological polar surface area (TPSA) is 26.3 Å². The van der Waals surface area contributed by atoms with Gasteiger partial charge in [0.15, 0.2) is 0 Å². The van der Waals surface area contributed by atoms with Crippen molar-refractivity contribution >= 4 is 5.97 Å². The summed E-state index contributed by atoms with van der Waals surface area (Å²) in [5.41, 5.74) is -0.540. The van der Waals surface area contributed by atoms with E-state index in [1.54, 1.807) is 0 Å². The number of hydrogen-bond donors (Lipinski definition) is 0. The second-order valence-electron chi connectivity index (χ2n) is 13.7. The molecule has 2 nitrogen and oxygen atoms in total. The van der Waals surface area contributed by atoms with Gasteiger partial charge in [-0.1, -0.05) is 82.1 Å². The van der Waals surface area contributed by atoms with E-state index in [0.717, 1.165) is 25.7 Å². The average Bonchev–Trinajstić information content (AvgIpc) is 2.84. The van der Waals surface area contributed by atoms with Crippen molar-refractivity contribution in [3.63, 3.8) is 0 Å². The van der Waals surface area contributed by atoms with Gasteiger partial charge in [-0.2, -0.15) is 0 Å². The van der Waals surface area contributed by atoms with E-state index in [1.165, 1.54) is 25.7 Å². The number of ether oxygens (including phenoxy) is 1. The van der Waals surface area contributed by atoms with Crippen LogP contribution in [0.2, 0.25) is 0 Å². The molecule has 4 atom stereocenters. The van der Waals surface area contributed by atoms with Gasteiger partial charge in [-0.3, -0.25) is 4.79 Å². The van der Waals surface area contributed by atoms with Gasteiger partial charge in [-0.25, -0.2) is 0 Å². The fraction of sp³-hybridized carbons (Fsp3) is 0.963. The summed E-state index contributed by atoms with van der Waals surface area (Å²) in [7, 11) is 0. The molecule has 0 spiro atoms. The summed E-state index contributed by atoms with van der Waals surface area (Å²) >= 11 is 0. The monoisotopic (exact) mass is 406 g/mol. The summed E-state index contributed by atoms with van der Waals surface area (Å²) in [6.45, 7) is 25.0. The van der Waals surface area contributed by atoms with Gasteiger partial charge in [-0.15, -0.1) is 0 Å². The van der Waals surface area contributed by atoms with Gasteiger partial charge >= 0.3 is 5.97 Å². The molecule has 0 aromatic heterocycles. The van der Waals surface area contributed by atoms with E-state index in [1.807, 2.05) is 0 Å².